The van der Waals surface area contributed by atoms with E-state index >= 15 is 0 Å². The lowest BCUT2D eigenvalue weighted by Crippen LogP contribution is -2.50. The average molecular weight is 266 g/mol. The van der Waals surface area contributed by atoms with Gasteiger partial charge in [-0.2, -0.15) is 0 Å². The number of nitro benzene ring substituents is 1. The number of nitrogens with zero attached hydrogens (tertiary/aromatic N) is 2. The molecule has 0 bridgehead atoms. The smallest absolute Gasteiger partial charge is 0.328 e. The first kappa shape index (κ1) is 13.3. The van der Waals surface area contributed by atoms with Gasteiger partial charge >= 0.3 is 5.97 Å². The third-order valence-corrected chi connectivity index (χ3v) is 3.13. The lowest BCUT2D eigenvalue weighted by molar-refractivity contribution is -0.384. The molecule has 0 aliphatic carbocycles. The Kier molecular flexibility index (Phi) is 3.66. The number of benzene rings is 1. The molecular formula is C12H14N2O5. The van der Waals surface area contributed by atoms with Crippen LogP contribution in [0.15, 0.2) is 18.2 Å². The second kappa shape index (κ2) is 5.23. The number of carboxylic acid groups (broad SMARTS) is 1. The van der Waals surface area contributed by atoms with Gasteiger partial charge in [0.1, 0.15) is 0 Å². The number of nitro groups is 1. The molecule has 1 aromatic carbocycles. The normalized spacial score (nSPS) is 19.2. The highest BCUT2D eigenvalue weighted by Gasteiger charge is 2.30. The molecule has 0 amide bonds. The van der Waals surface area contributed by atoms with Gasteiger partial charge in [0, 0.05) is 24.4 Å². The van der Waals surface area contributed by atoms with Crippen molar-refractivity contribution in [1.29, 1.82) is 0 Å². The van der Waals surface area contributed by atoms with Gasteiger partial charge in [-0.15, -0.1) is 0 Å². The van der Waals surface area contributed by atoms with E-state index in [0.29, 0.717) is 18.8 Å². The van der Waals surface area contributed by atoms with Crippen LogP contribution in [0.3, 0.4) is 0 Å². The molecule has 102 valence electrons. The third-order valence-electron chi connectivity index (χ3n) is 3.13. The van der Waals surface area contributed by atoms with Gasteiger partial charge < -0.3 is 14.7 Å². The summed E-state index contributed by atoms with van der Waals surface area (Å²) in [6, 6.07) is 3.64. The van der Waals surface area contributed by atoms with Gasteiger partial charge in [-0.25, -0.2) is 4.79 Å². The van der Waals surface area contributed by atoms with E-state index in [-0.39, 0.29) is 12.3 Å². The van der Waals surface area contributed by atoms with E-state index in [4.69, 9.17) is 4.74 Å². The van der Waals surface area contributed by atoms with Gasteiger partial charge in [0.15, 0.2) is 6.04 Å². The van der Waals surface area contributed by atoms with Gasteiger partial charge in [0.25, 0.3) is 5.69 Å². The molecule has 1 saturated heterocycles. The summed E-state index contributed by atoms with van der Waals surface area (Å²) in [4.78, 5) is 23.2. The van der Waals surface area contributed by atoms with Crippen molar-refractivity contribution in [3.05, 3.63) is 33.9 Å². The third kappa shape index (κ3) is 2.65. The molecule has 19 heavy (non-hydrogen) atoms. The maximum Gasteiger partial charge on any atom is 0.328 e. The number of ether oxygens (including phenoxy) is 1. The summed E-state index contributed by atoms with van der Waals surface area (Å²) in [5.74, 6) is -0.995. The molecule has 1 unspecified atom stereocenters. The van der Waals surface area contributed by atoms with E-state index < -0.39 is 16.9 Å². The van der Waals surface area contributed by atoms with Crippen LogP contribution in [0, 0.1) is 17.0 Å². The van der Waals surface area contributed by atoms with Gasteiger partial charge in [-0.05, 0) is 12.5 Å². The second-order valence-corrected chi connectivity index (χ2v) is 4.35. The molecular weight excluding hydrogens is 252 g/mol. The Hall–Kier alpha value is -2.15. The van der Waals surface area contributed by atoms with Crippen molar-refractivity contribution in [3.8, 4) is 0 Å². The number of aryl methyl sites for hydroxylation is 1. The Bertz CT molecular complexity index is 517. The fourth-order valence-corrected chi connectivity index (χ4v) is 2.12. The highest BCUT2D eigenvalue weighted by Crippen LogP contribution is 2.28. The molecule has 0 radical (unpaired) electrons. The Morgan fingerprint density at radius 3 is 2.95 bits per heavy atom. The Labute approximate surface area is 109 Å². The quantitative estimate of drug-likeness (QED) is 0.652. The second-order valence-electron chi connectivity index (χ2n) is 4.35. The fourth-order valence-electron chi connectivity index (χ4n) is 2.12. The van der Waals surface area contributed by atoms with Crippen molar-refractivity contribution in [2.75, 3.05) is 24.7 Å². The number of rotatable bonds is 3. The topological polar surface area (TPSA) is 92.9 Å². The SMILES string of the molecule is Cc1ccc([N+](=O)[O-])cc1N1CCOCC1C(=O)O. The van der Waals surface area contributed by atoms with Crippen LogP contribution < -0.4 is 4.90 Å². The van der Waals surface area contributed by atoms with Crippen molar-refractivity contribution in [1.82, 2.24) is 0 Å². The molecule has 0 spiro atoms. The summed E-state index contributed by atoms with van der Waals surface area (Å²) in [5.41, 5.74) is 1.33. The summed E-state index contributed by atoms with van der Waals surface area (Å²) >= 11 is 0. The van der Waals surface area contributed by atoms with Gasteiger partial charge in [-0.3, -0.25) is 10.1 Å². The van der Waals surface area contributed by atoms with E-state index in [0.717, 1.165) is 5.56 Å². The van der Waals surface area contributed by atoms with Gasteiger partial charge in [-0.1, -0.05) is 6.07 Å². The van der Waals surface area contributed by atoms with Crippen molar-refractivity contribution in [2.45, 2.75) is 13.0 Å². The van der Waals surface area contributed by atoms with Crippen LogP contribution in [0.25, 0.3) is 0 Å². The molecule has 7 nitrogen and oxygen atoms in total. The predicted octanol–water partition coefficient (Wildman–Crippen LogP) is 1.19. The molecule has 1 aliphatic rings. The Morgan fingerprint density at radius 1 is 1.58 bits per heavy atom. The van der Waals surface area contributed by atoms with Crippen LogP contribution >= 0.6 is 0 Å². The number of aliphatic carboxylic acids is 1. The lowest BCUT2D eigenvalue weighted by Gasteiger charge is -2.35. The molecule has 7 heteroatoms. The van der Waals surface area contributed by atoms with E-state index in [1.54, 1.807) is 17.9 Å². The maximum absolute atomic E-state index is 11.2. The maximum atomic E-state index is 11.2. The molecule has 0 aromatic heterocycles. The summed E-state index contributed by atoms with van der Waals surface area (Å²) in [6.45, 7) is 2.69. The van der Waals surface area contributed by atoms with Crippen LogP contribution in [0.1, 0.15) is 5.56 Å². The summed E-state index contributed by atoms with van der Waals surface area (Å²) in [7, 11) is 0. The van der Waals surface area contributed by atoms with E-state index in [9.17, 15) is 20.0 Å². The number of carboxylic acids is 1. The zero-order valence-electron chi connectivity index (χ0n) is 10.4. The first-order valence-corrected chi connectivity index (χ1v) is 5.83. The standard InChI is InChI=1S/C12H14N2O5/c1-8-2-3-9(14(17)18)6-10(8)13-4-5-19-7-11(13)12(15)16/h2-3,6,11H,4-5,7H2,1H3,(H,15,16). The molecule has 1 N–H and O–H groups in total. The highest BCUT2D eigenvalue weighted by molar-refractivity contribution is 5.79. The molecule has 1 fully saturated rings. The first-order chi connectivity index (χ1) is 9.00. The highest BCUT2D eigenvalue weighted by atomic mass is 16.6. The zero-order valence-corrected chi connectivity index (χ0v) is 10.4. The number of anilines is 1. The van der Waals surface area contributed by atoms with Crippen molar-refractivity contribution in [2.24, 2.45) is 0 Å². The molecule has 0 saturated carbocycles. The fraction of sp³-hybridized carbons (Fsp3) is 0.417. The van der Waals surface area contributed by atoms with Crippen molar-refractivity contribution >= 4 is 17.3 Å². The van der Waals surface area contributed by atoms with E-state index in [2.05, 4.69) is 0 Å². The number of non-ortho nitro benzene ring substituents is 1. The number of carbonyl (C=O) groups is 1. The van der Waals surface area contributed by atoms with Crippen LogP contribution in [-0.4, -0.2) is 41.8 Å². The minimum Gasteiger partial charge on any atom is -0.480 e. The van der Waals surface area contributed by atoms with Gasteiger partial charge in [0.05, 0.1) is 18.1 Å². The Balaban J connectivity index is 2.40. The van der Waals surface area contributed by atoms with Crippen LogP contribution in [0.4, 0.5) is 11.4 Å². The molecule has 1 heterocycles. The zero-order chi connectivity index (χ0) is 14.0. The van der Waals surface area contributed by atoms with Crippen molar-refractivity contribution in [3.63, 3.8) is 0 Å². The lowest BCUT2D eigenvalue weighted by atomic mass is 10.1. The van der Waals surface area contributed by atoms with E-state index in [1.165, 1.54) is 12.1 Å². The monoisotopic (exact) mass is 266 g/mol. The summed E-state index contributed by atoms with van der Waals surface area (Å²) in [5, 5.41) is 20.0. The minimum atomic E-state index is -0.995. The largest absolute Gasteiger partial charge is 0.480 e. The van der Waals surface area contributed by atoms with Gasteiger partial charge in [0.2, 0.25) is 0 Å². The number of hydrogen-bond donors (Lipinski definition) is 1. The number of hydrogen-bond acceptors (Lipinski definition) is 5. The van der Waals surface area contributed by atoms with E-state index in [1.807, 2.05) is 0 Å². The summed E-state index contributed by atoms with van der Waals surface area (Å²) < 4.78 is 5.16. The minimum absolute atomic E-state index is 0.0452. The molecule has 1 atom stereocenters. The molecule has 1 aliphatic heterocycles. The Morgan fingerprint density at radius 2 is 2.32 bits per heavy atom. The van der Waals surface area contributed by atoms with Crippen LogP contribution in [-0.2, 0) is 9.53 Å². The predicted molar refractivity (Wildman–Crippen MR) is 67.4 cm³/mol. The molecule has 1 aromatic rings. The average Bonchev–Trinajstić information content (AvgIpc) is 2.39. The summed E-state index contributed by atoms with van der Waals surface area (Å²) in [6.07, 6.45) is 0. The van der Waals surface area contributed by atoms with Crippen LogP contribution in [0.2, 0.25) is 0 Å². The van der Waals surface area contributed by atoms with Crippen LogP contribution in [0.5, 0.6) is 0 Å². The first-order valence-electron chi connectivity index (χ1n) is 5.83. The number of morpholine rings is 1. The molecule has 2 rings (SSSR count). The van der Waals surface area contributed by atoms with Crippen molar-refractivity contribution < 1.29 is 19.6 Å².